The van der Waals surface area contributed by atoms with E-state index >= 15 is 0 Å². The number of hydrogen-bond donors (Lipinski definition) is 2. The molecule has 0 radical (unpaired) electrons. The Hall–Kier alpha value is -1.39. The molecule has 4 heteroatoms. The first kappa shape index (κ1) is 14.0. The number of likely N-dealkylation sites (tertiary alicyclic amines) is 1. The van der Waals surface area contributed by atoms with Crippen LogP contribution < -0.4 is 5.73 Å². The minimum absolute atomic E-state index is 0.181. The molecule has 104 valence electrons. The molecule has 0 bridgehead atoms. The van der Waals surface area contributed by atoms with Gasteiger partial charge in [-0.15, -0.1) is 0 Å². The summed E-state index contributed by atoms with van der Waals surface area (Å²) >= 11 is 0. The summed E-state index contributed by atoms with van der Waals surface area (Å²) in [6, 6.07) is 10.3. The zero-order valence-electron chi connectivity index (χ0n) is 11.2. The zero-order valence-corrected chi connectivity index (χ0v) is 11.2. The van der Waals surface area contributed by atoms with Crippen LogP contribution in [0.15, 0.2) is 30.3 Å². The lowest BCUT2D eigenvalue weighted by Gasteiger charge is -2.35. The molecule has 1 aromatic rings. The number of nitrogens with zero attached hydrogens (tertiary/aromatic N) is 1. The lowest BCUT2D eigenvalue weighted by atomic mass is 9.85. The molecule has 4 nitrogen and oxygen atoms in total. The molecule has 0 aliphatic carbocycles. The second kappa shape index (κ2) is 6.68. The second-order valence-electron chi connectivity index (χ2n) is 5.30. The molecule has 1 aromatic carbocycles. The Morgan fingerprint density at radius 3 is 2.79 bits per heavy atom. The molecule has 2 atom stereocenters. The van der Waals surface area contributed by atoms with Crippen LogP contribution in [0.3, 0.4) is 0 Å². The number of hydrogen-bond acceptors (Lipinski definition) is 3. The molecule has 1 aliphatic heterocycles. The Kier molecular flexibility index (Phi) is 4.93. The first-order valence-corrected chi connectivity index (χ1v) is 6.90. The largest absolute Gasteiger partial charge is 0.481 e. The maximum Gasteiger partial charge on any atom is 0.308 e. The Morgan fingerprint density at radius 2 is 2.16 bits per heavy atom. The summed E-state index contributed by atoms with van der Waals surface area (Å²) in [7, 11) is 0. The Labute approximate surface area is 114 Å². The highest BCUT2D eigenvalue weighted by atomic mass is 16.4. The number of aliphatic carboxylic acids is 1. The SMILES string of the molecule is NCC(C(=O)O)C1CCCN(Cc2ccccc2)C1. The Morgan fingerprint density at radius 1 is 1.42 bits per heavy atom. The van der Waals surface area contributed by atoms with Crippen molar-refractivity contribution in [1.82, 2.24) is 4.90 Å². The van der Waals surface area contributed by atoms with Gasteiger partial charge in [0, 0.05) is 19.6 Å². The van der Waals surface area contributed by atoms with Gasteiger partial charge in [-0.1, -0.05) is 30.3 Å². The van der Waals surface area contributed by atoms with Gasteiger partial charge in [-0.25, -0.2) is 0 Å². The highest BCUT2D eigenvalue weighted by Gasteiger charge is 2.30. The summed E-state index contributed by atoms with van der Waals surface area (Å²) < 4.78 is 0. The summed E-state index contributed by atoms with van der Waals surface area (Å²) in [4.78, 5) is 13.5. The van der Waals surface area contributed by atoms with Crippen LogP contribution in [0.2, 0.25) is 0 Å². The first-order chi connectivity index (χ1) is 9.20. The minimum Gasteiger partial charge on any atom is -0.481 e. The first-order valence-electron chi connectivity index (χ1n) is 6.90. The summed E-state index contributed by atoms with van der Waals surface area (Å²) in [6.45, 7) is 3.01. The molecule has 1 aliphatic rings. The summed E-state index contributed by atoms with van der Waals surface area (Å²) in [5.74, 6) is -0.979. The molecule has 1 fully saturated rings. The molecule has 0 aromatic heterocycles. The maximum atomic E-state index is 11.2. The Bertz CT molecular complexity index is 408. The highest BCUT2D eigenvalue weighted by molar-refractivity contribution is 5.70. The van der Waals surface area contributed by atoms with Gasteiger partial charge < -0.3 is 10.8 Å². The fourth-order valence-electron chi connectivity index (χ4n) is 2.90. The molecule has 3 N–H and O–H groups in total. The normalized spacial score (nSPS) is 22.1. The average molecular weight is 262 g/mol. The van der Waals surface area contributed by atoms with Crippen LogP contribution in [0.4, 0.5) is 0 Å². The molecule has 0 amide bonds. The average Bonchev–Trinajstić information content (AvgIpc) is 2.41. The van der Waals surface area contributed by atoms with E-state index in [1.807, 2.05) is 18.2 Å². The van der Waals surface area contributed by atoms with Crippen molar-refractivity contribution >= 4 is 5.97 Å². The molecular formula is C15H22N2O2. The van der Waals surface area contributed by atoms with Gasteiger partial charge in [0.15, 0.2) is 0 Å². The number of benzene rings is 1. The van der Waals surface area contributed by atoms with Crippen LogP contribution in [0.5, 0.6) is 0 Å². The van der Waals surface area contributed by atoms with Crippen LogP contribution in [-0.2, 0) is 11.3 Å². The lowest BCUT2D eigenvalue weighted by Crippen LogP contribution is -2.42. The molecule has 2 unspecified atom stereocenters. The molecule has 2 rings (SSSR count). The van der Waals surface area contributed by atoms with Gasteiger partial charge in [0.1, 0.15) is 0 Å². The molecule has 19 heavy (non-hydrogen) atoms. The van der Waals surface area contributed by atoms with Crippen LogP contribution in [0.1, 0.15) is 18.4 Å². The van der Waals surface area contributed by atoms with E-state index < -0.39 is 11.9 Å². The standard InChI is InChI=1S/C15H22N2O2/c16-9-14(15(18)19)13-7-4-8-17(11-13)10-12-5-2-1-3-6-12/h1-3,5-6,13-14H,4,7-11,16H2,(H,18,19). The quantitative estimate of drug-likeness (QED) is 0.845. The number of nitrogens with two attached hydrogens (primary N) is 1. The monoisotopic (exact) mass is 262 g/mol. The third kappa shape index (κ3) is 3.78. The predicted molar refractivity (Wildman–Crippen MR) is 74.6 cm³/mol. The van der Waals surface area contributed by atoms with Crippen molar-refractivity contribution in [2.75, 3.05) is 19.6 Å². The molecule has 0 saturated carbocycles. The molecule has 1 heterocycles. The van der Waals surface area contributed by atoms with Crippen molar-refractivity contribution in [2.24, 2.45) is 17.6 Å². The van der Waals surface area contributed by atoms with Crippen molar-refractivity contribution in [3.05, 3.63) is 35.9 Å². The van der Waals surface area contributed by atoms with Gasteiger partial charge in [0.2, 0.25) is 0 Å². The number of piperidine rings is 1. The van der Waals surface area contributed by atoms with E-state index in [0.717, 1.165) is 32.5 Å². The summed E-state index contributed by atoms with van der Waals surface area (Å²) in [5.41, 5.74) is 6.88. The van der Waals surface area contributed by atoms with Crippen molar-refractivity contribution in [3.8, 4) is 0 Å². The van der Waals surface area contributed by atoms with Crippen molar-refractivity contribution in [2.45, 2.75) is 19.4 Å². The molecular weight excluding hydrogens is 240 g/mol. The number of carboxylic acid groups (broad SMARTS) is 1. The van der Waals surface area contributed by atoms with Gasteiger partial charge >= 0.3 is 5.97 Å². The van der Waals surface area contributed by atoms with E-state index in [9.17, 15) is 9.90 Å². The van der Waals surface area contributed by atoms with Gasteiger partial charge in [0.05, 0.1) is 5.92 Å². The zero-order chi connectivity index (χ0) is 13.7. The number of carbonyl (C=O) groups is 1. The summed E-state index contributed by atoms with van der Waals surface area (Å²) in [5, 5.41) is 9.20. The van der Waals surface area contributed by atoms with Crippen molar-refractivity contribution in [3.63, 3.8) is 0 Å². The lowest BCUT2D eigenvalue weighted by molar-refractivity contribution is -0.144. The molecule has 1 saturated heterocycles. The van der Waals surface area contributed by atoms with Crippen LogP contribution in [-0.4, -0.2) is 35.6 Å². The topological polar surface area (TPSA) is 66.6 Å². The maximum absolute atomic E-state index is 11.2. The smallest absolute Gasteiger partial charge is 0.308 e. The minimum atomic E-state index is -0.755. The van der Waals surface area contributed by atoms with Gasteiger partial charge in [-0.3, -0.25) is 9.69 Å². The predicted octanol–water partition coefficient (Wildman–Crippen LogP) is 1.56. The van der Waals surface area contributed by atoms with E-state index in [1.165, 1.54) is 5.56 Å². The van der Waals surface area contributed by atoms with Gasteiger partial charge in [-0.05, 0) is 30.9 Å². The number of rotatable bonds is 5. The van der Waals surface area contributed by atoms with Crippen molar-refractivity contribution < 1.29 is 9.90 Å². The third-order valence-corrected chi connectivity index (χ3v) is 3.93. The summed E-state index contributed by atoms with van der Waals surface area (Å²) in [6.07, 6.45) is 2.03. The van der Waals surface area contributed by atoms with Crippen LogP contribution >= 0.6 is 0 Å². The van der Waals surface area contributed by atoms with E-state index in [2.05, 4.69) is 17.0 Å². The number of carboxylic acids is 1. The Balaban J connectivity index is 1.95. The third-order valence-electron chi connectivity index (χ3n) is 3.93. The van der Waals surface area contributed by atoms with E-state index in [1.54, 1.807) is 0 Å². The van der Waals surface area contributed by atoms with Crippen LogP contribution in [0.25, 0.3) is 0 Å². The van der Waals surface area contributed by atoms with Crippen molar-refractivity contribution in [1.29, 1.82) is 0 Å². The molecule has 0 spiro atoms. The fourth-order valence-corrected chi connectivity index (χ4v) is 2.90. The van der Waals surface area contributed by atoms with Gasteiger partial charge in [-0.2, -0.15) is 0 Å². The highest BCUT2D eigenvalue weighted by Crippen LogP contribution is 2.25. The second-order valence-corrected chi connectivity index (χ2v) is 5.30. The van der Waals surface area contributed by atoms with E-state index in [0.29, 0.717) is 0 Å². The van der Waals surface area contributed by atoms with Gasteiger partial charge in [0.25, 0.3) is 0 Å². The van der Waals surface area contributed by atoms with E-state index in [-0.39, 0.29) is 12.5 Å². The fraction of sp³-hybridized carbons (Fsp3) is 0.533. The van der Waals surface area contributed by atoms with Crippen LogP contribution in [0, 0.1) is 11.8 Å². The van der Waals surface area contributed by atoms with E-state index in [4.69, 9.17) is 5.73 Å².